The average Bonchev–Trinajstić information content (AvgIpc) is 3.18. The molecule has 2 aromatic carbocycles. The third kappa shape index (κ3) is 5.98. The van der Waals surface area contributed by atoms with E-state index in [0.717, 1.165) is 22.8 Å². The van der Waals surface area contributed by atoms with Crippen molar-refractivity contribution < 1.29 is 23.9 Å². The van der Waals surface area contributed by atoms with Gasteiger partial charge in [0.1, 0.15) is 17.4 Å². The van der Waals surface area contributed by atoms with Crippen molar-refractivity contribution in [2.75, 3.05) is 26.1 Å². The van der Waals surface area contributed by atoms with Crippen LogP contribution in [0.3, 0.4) is 0 Å². The van der Waals surface area contributed by atoms with E-state index in [4.69, 9.17) is 9.47 Å². The van der Waals surface area contributed by atoms with Crippen LogP contribution in [-0.4, -0.2) is 43.1 Å². The van der Waals surface area contributed by atoms with Gasteiger partial charge in [-0.25, -0.2) is 4.79 Å². The molecule has 2 amide bonds. The Bertz CT molecular complexity index is 1350. The van der Waals surface area contributed by atoms with Crippen LogP contribution >= 0.6 is 0 Å². The predicted octanol–water partition coefficient (Wildman–Crippen LogP) is 3.55. The van der Waals surface area contributed by atoms with Gasteiger partial charge in [0.05, 0.1) is 7.11 Å². The van der Waals surface area contributed by atoms with Crippen LogP contribution in [0.5, 0.6) is 5.75 Å². The second-order valence-electron chi connectivity index (χ2n) is 7.81. The standard InChI is InChI=1S/C27H26N4O5/c1-17-13-20(18(2)31(17)23-9-11-24(35-4)12-10-23)14-21(15-28)27(34)36-16-25(32)30-22-7-5-19(6-8-22)26(33)29-3/h5-14H,16H2,1-4H3,(H,29,33)(H,30,32)/b21-14+. The number of benzene rings is 2. The number of methoxy groups -OCH3 is 1. The minimum Gasteiger partial charge on any atom is -0.497 e. The van der Waals surface area contributed by atoms with Gasteiger partial charge in [-0.1, -0.05) is 0 Å². The van der Waals surface area contributed by atoms with Crippen LogP contribution in [0, 0.1) is 25.2 Å². The lowest BCUT2D eigenvalue weighted by Crippen LogP contribution is -2.21. The summed E-state index contributed by atoms with van der Waals surface area (Å²) in [5.41, 5.74) is 3.98. The van der Waals surface area contributed by atoms with Crippen molar-refractivity contribution in [2.24, 2.45) is 0 Å². The molecule has 1 aromatic heterocycles. The molecule has 3 aromatic rings. The summed E-state index contributed by atoms with van der Waals surface area (Å²) in [4.78, 5) is 36.2. The third-order valence-corrected chi connectivity index (χ3v) is 5.43. The summed E-state index contributed by atoms with van der Waals surface area (Å²) in [7, 11) is 3.12. The number of nitriles is 1. The first-order valence-electron chi connectivity index (χ1n) is 11.0. The number of nitrogens with one attached hydrogen (secondary N) is 2. The molecule has 0 saturated heterocycles. The average molecular weight is 487 g/mol. The number of anilines is 1. The summed E-state index contributed by atoms with van der Waals surface area (Å²) in [6, 6.07) is 17.5. The zero-order valence-corrected chi connectivity index (χ0v) is 20.4. The molecule has 0 aliphatic rings. The molecule has 0 spiro atoms. The topological polar surface area (TPSA) is 122 Å². The molecule has 2 N–H and O–H groups in total. The minimum atomic E-state index is -0.906. The molecular weight excluding hydrogens is 460 g/mol. The molecule has 0 saturated carbocycles. The van der Waals surface area contributed by atoms with Crippen molar-refractivity contribution in [3.05, 3.63) is 82.7 Å². The fourth-order valence-corrected chi connectivity index (χ4v) is 3.61. The van der Waals surface area contributed by atoms with Crippen LogP contribution in [0.15, 0.2) is 60.2 Å². The van der Waals surface area contributed by atoms with E-state index in [2.05, 4.69) is 10.6 Å². The van der Waals surface area contributed by atoms with E-state index < -0.39 is 18.5 Å². The van der Waals surface area contributed by atoms with Crippen LogP contribution in [0.25, 0.3) is 11.8 Å². The van der Waals surface area contributed by atoms with E-state index in [9.17, 15) is 19.6 Å². The van der Waals surface area contributed by atoms with Gasteiger partial charge < -0.3 is 24.7 Å². The van der Waals surface area contributed by atoms with Crippen molar-refractivity contribution in [1.29, 1.82) is 5.26 Å². The summed E-state index contributed by atoms with van der Waals surface area (Å²) in [6.45, 7) is 3.23. The third-order valence-electron chi connectivity index (χ3n) is 5.43. The van der Waals surface area contributed by atoms with Crippen LogP contribution in [0.1, 0.15) is 27.3 Å². The van der Waals surface area contributed by atoms with Gasteiger partial charge in [0, 0.05) is 35.4 Å². The van der Waals surface area contributed by atoms with E-state index in [0.29, 0.717) is 16.8 Å². The van der Waals surface area contributed by atoms with Crippen molar-refractivity contribution in [3.63, 3.8) is 0 Å². The maximum atomic E-state index is 12.5. The molecule has 1 heterocycles. The second kappa shape index (κ2) is 11.5. The smallest absolute Gasteiger partial charge is 0.349 e. The number of aryl methyl sites for hydroxylation is 1. The van der Waals surface area contributed by atoms with E-state index in [1.807, 2.05) is 54.8 Å². The molecule has 0 aliphatic heterocycles. The van der Waals surface area contributed by atoms with E-state index in [1.54, 1.807) is 31.4 Å². The summed E-state index contributed by atoms with van der Waals surface area (Å²) < 4.78 is 12.2. The van der Waals surface area contributed by atoms with Crippen molar-refractivity contribution in [1.82, 2.24) is 9.88 Å². The number of hydrogen-bond acceptors (Lipinski definition) is 6. The van der Waals surface area contributed by atoms with Crippen LogP contribution in [-0.2, 0) is 14.3 Å². The Kier molecular flexibility index (Phi) is 8.26. The molecule has 184 valence electrons. The lowest BCUT2D eigenvalue weighted by atomic mass is 10.1. The summed E-state index contributed by atoms with van der Waals surface area (Å²) >= 11 is 0. The SMILES string of the molecule is CNC(=O)c1ccc(NC(=O)COC(=O)/C(C#N)=C/c2cc(C)n(-c3ccc(OC)cc3)c2C)cc1. The molecule has 3 rings (SSSR count). The number of carbonyl (C=O) groups excluding carboxylic acids is 3. The van der Waals surface area contributed by atoms with Gasteiger partial charge in [-0.2, -0.15) is 5.26 Å². The maximum absolute atomic E-state index is 12.5. The normalized spacial score (nSPS) is 10.8. The van der Waals surface area contributed by atoms with Crippen molar-refractivity contribution in [2.45, 2.75) is 13.8 Å². The predicted molar refractivity (Wildman–Crippen MR) is 135 cm³/mol. The Labute approximate surface area is 208 Å². The Hall–Kier alpha value is -4.84. The first-order chi connectivity index (χ1) is 17.3. The number of aromatic nitrogens is 1. The fourth-order valence-electron chi connectivity index (χ4n) is 3.61. The number of rotatable bonds is 8. The zero-order valence-electron chi connectivity index (χ0n) is 20.4. The summed E-state index contributed by atoms with van der Waals surface area (Å²) in [5, 5.41) is 14.6. The van der Waals surface area contributed by atoms with Crippen molar-refractivity contribution in [3.8, 4) is 17.5 Å². The van der Waals surface area contributed by atoms with Gasteiger partial charge in [0.2, 0.25) is 0 Å². The first kappa shape index (κ1) is 25.8. The number of esters is 1. The van der Waals surface area contributed by atoms with Crippen LogP contribution in [0.2, 0.25) is 0 Å². The van der Waals surface area contributed by atoms with Crippen LogP contribution in [0.4, 0.5) is 5.69 Å². The number of amides is 2. The second-order valence-corrected chi connectivity index (χ2v) is 7.81. The number of carbonyl (C=O) groups is 3. The number of nitrogens with zero attached hydrogens (tertiary/aromatic N) is 2. The quantitative estimate of drug-likeness (QED) is 0.285. The largest absolute Gasteiger partial charge is 0.497 e. The van der Waals surface area contributed by atoms with Crippen molar-refractivity contribution >= 4 is 29.5 Å². The van der Waals surface area contributed by atoms with E-state index >= 15 is 0 Å². The lowest BCUT2D eigenvalue weighted by molar-refractivity contribution is -0.142. The summed E-state index contributed by atoms with van der Waals surface area (Å²) in [5.74, 6) is -0.994. The molecular formula is C27H26N4O5. The lowest BCUT2D eigenvalue weighted by Gasteiger charge is -2.10. The molecule has 0 bridgehead atoms. The van der Waals surface area contributed by atoms with Crippen LogP contribution < -0.4 is 15.4 Å². The summed E-state index contributed by atoms with van der Waals surface area (Å²) in [6.07, 6.45) is 1.44. The maximum Gasteiger partial charge on any atom is 0.349 e. The highest BCUT2D eigenvalue weighted by atomic mass is 16.5. The molecule has 0 unspecified atom stereocenters. The molecule has 0 aliphatic carbocycles. The highest BCUT2D eigenvalue weighted by molar-refractivity contribution is 6.00. The Balaban J connectivity index is 1.67. The molecule has 36 heavy (non-hydrogen) atoms. The van der Waals surface area contributed by atoms with Gasteiger partial charge in [0.15, 0.2) is 6.61 Å². The first-order valence-corrected chi connectivity index (χ1v) is 11.0. The Morgan fingerprint density at radius 3 is 2.31 bits per heavy atom. The highest BCUT2D eigenvalue weighted by Crippen LogP contribution is 2.24. The monoisotopic (exact) mass is 486 g/mol. The van der Waals surface area contributed by atoms with Gasteiger partial charge in [-0.15, -0.1) is 0 Å². The van der Waals surface area contributed by atoms with Gasteiger partial charge in [0.25, 0.3) is 11.8 Å². The number of ether oxygens (including phenoxy) is 2. The minimum absolute atomic E-state index is 0.229. The number of hydrogen-bond donors (Lipinski definition) is 2. The zero-order chi connectivity index (χ0) is 26.2. The highest BCUT2D eigenvalue weighted by Gasteiger charge is 2.16. The van der Waals surface area contributed by atoms with Gasteiger partial charge >= 0.3 is 5.97 Å². The molecule has 9 nitrogen and oxygen atoms in total. The Morgan fingerprint density at radius 2 is 1.72 bits per heavy atom. The van der Waals surface area contributed by atoms with Gasteiger partial charge in [-0.3, -0.25) is 9.59 Å². The van der Waals surface area contributed by atoms with Gasteiger partial charge in [-0.05, 0) is 80.1 Å². The molecule has 9 heteroatoms. The van der Waals surface area contributed by atoms with E-state index in [1.165, 1.54) is 13.1 Å². The fraction of sp³-hybridized carbons (Fsp3) is 0.185. The molecule has 0 atom stereocenters. The molecule has 0 radical (unpaired) electrons. The Morgan fingerprint density at radius 1 is 1.06 bits per heavy atom. The molecule has 0 fully saturated rings. The van der Waals surface area contributed by atoms with E-state index in [-0.39, 0.29) is 11.5 Å².